The number of nitrogens with one attached hydrogen (secondary N) is 2. The Bertz CT molecular complexity index is 730. The molecule has 2 rings (SSSR count). The van der Waals surface area contributed by atoms with Crippen LogP contribution in [-0.4, -0.2) is 11.0 Å². The van der Waals surface area contributed by atoms with Crippen molar-refractivity contribution in [2.75, 3.05) is 5.73 Å². The molecule has 0 unspecified atom stereocenters. The standard InChI is InChI=1S/C15H13Cl2N3O2/c1-8(9-2-4-11(18)5-3-9)19-20-15(22)12-6-10(16)7-13(17)14(12)21/h2-7,19,21H,1,18H2,(H,20,22). The van der Waals surface area contributed by atoms with Crippen molar-refractivity contribution in [3.63, 3.8) is 0 Å². The Morgan fingerprint density at radius 3 is 2.41 bits per heavy atom. The van der Waals surface area contributed by atoms with Gasteiger partial charge in [-0.2, -0.15) is 0 Å². The van der Waals surface area contributed by atoms with Crippen LogP contribution in [0, 0.1) is 0 Å². The van der Waals surface area contributed by atoms with Gasteiger partial charge in [0.15, 0.2) is 0 Å². The third-order valence-corrected chi connectivity index (χ3v) is 3.37. The molecule has 0 aliphatic carbocycles. The predicted molar refractivity (Wildman–Crippen MR) is 88.6 cm³/mol. The van der Waals surface area contributed by atoms with E-state index in [2.05, 4.69) is 17.4 Å². The molecule has 0 aliphatic heterocycles. The van der Waals surface area contributed by atoms with Crippen LogP contribution in [-0.2, 0) is 0 Å². The third kappa shape index (κ3) is 3.63. The molecule has 7 heteroatoms. The normalized spacial score (nSPS) is 10.1. The zero-order valence-electron chi connectivity index (χ0n) is 11.4. The number of amides is 1. The van der Waals surface area contributed by atoms with Crippen molar-refractivity contribution in [1.29, 1.82) is 0 Å². The van der Waals surface area contributed by atoms with E-state index in [0.29, 0.717) is 11.4 Å². The molecule has 0 atom stereocenters. The zero-order valence-corrected chi connectivity index (χ0v) is 12.9. The van der Waals surface area contributed by atoms with Crippen molar-refractivity contribution in [2.24, 2.45) is 0 Å². The van der Waals surface area contributed by atoms with Gasteiger partial charge in [0.25, 0.3) is 5.91 Å². The average Bonchev–Trinajstić information content (AvgIpc) is 2.48. The predicted octanol–water partition coefficient (Wildman–Crippen LogP) is 3.19. The largest absolute Gasteiger partial charge is 0.506 e. The Balaban J connectivity index is 2.07. The van der Waals surface area contributed by atoms with Gasteiger partial charge >= 0.3 is 0 Å². The smallest absolute Gasteiger partial charge is 0.273 e. The SMILES string of the molecule is C=C(NNC(=O)c1cc(Cl)cc(Cl)c1O)c1ccc(N)cc1. The summed E-state index contributed by atoms with van der Waals surface area (Å²) >= 11 is 11.6. The van der Waals surface area contributed by atoms with Crippen LogP contribution in [0.5, 0.6) is 5.75 Å². The van der Waals surface area contributed by atoms with Gasteiger partial charge in [-0.05, 0) is 29.8 Å². The molecule has 0 radical (unpaired) electrons. The maximum Gasteiger partial charge on any atom is 0.273 e. The highest BCUT2D eigenvalue weighted by molar-refractivity contribution is 6.36. The number of benzene rings is 2. The van der Waals surface area contributed by atoms with Gasteiger partial charge in [-0.1, -0.05) is 41.9 Å². The van der Waals surface area contributed by atoms with E-state index in [1.54, 1.807) is 24.3 Å². The van der Waals surface area contributed by atoms with Crippen LogP contribution in [0.15, 0.2) is 43.0 Å². The lowest BCUT2D eigenvalue weighted by molar-refractivity contribution is 0.0940. The molecule has 2 aromatic carbocycles. The topological polar surface area (TPSA) is 87.4 Å². The second-order valence-corrected chi connectivity index (χ2v) is 5.31. The van der Waals surface area contributed by atoms with Crippen LogP contribution >= 0.6 is 23.2 Å². The van der Waals surface area contributed by atoms with E-state index in [1.165, 1.54) is 12.1 Å². The molecule has 0 heterocycles. The van der Waals surface area contributed by atoms with Crippen LogP contribution in [0.1, 0.15) is 15.9 Å². The number of carbonyl (C=O) groups excluding carboxylic acids is 1. The molecule has 2 aromatic rings. The van der Waals surface area contributed by atoms with E-state index in [0.717, 1.165) is 5.56 Å². The number of nitrogens with two attached hydrogens (primary N) is 1. The molecular formula is C15H13Cl2N3O2. The molecule has 0 fully saturated rings. The van der Waals surface area contributed by atoms with Gasteiger partial charge in [0.2, 0.25) is 0 Å². The number of rotatable bonds is 4. The number of halogens is 2. The number of aromatic hydroxyl groups is 1. The second-order valence-electron chi connectivity index (χ2n) is 4.46. The first-order chi connectivity index (χ1) is 10.4. The average molecular weight is 338 g/mol. The summed E-state index contributed by atoms with van der Waals surface area (Å²) in [4.78, 5) is 12.0. The molecule has 22 heavy (non-hydrogen) atoms. The van der Waals surface area contributed by atoms with E-state index in [4.69, 9.17) is 28.9 Å². The van der Waals surface area contributed by atoms with Crippen molar-refractivity contribution < 1.29 is 9.90 Å². The van der Waals surface area contributed by atoms with Gasteiger partial charge in [-0.3, -0.25) is 15.6 Å². The molecule has 114 valence electrons. The van der Waals surface area contributed by atoms with Gasteiger partial charge in [0.05, 0.1) is 16.3 Å². The summed E-state index contributed by atoms with van der Waals surface area (Å²) in [6, 6.07) is 9.59. The van der Waals surface area contributed by atoms with E-state index < -0.39 is 5.91 Å². The van der Waals surface area contributed by atoms with Crippen LogP contribution in [0.2, 0.25) is 10.0 Å². The number of nitrogen functional groups attached to an aromatic ring is 1. The van der Waals surface area contributed by atoms with Gasteiger partial charge in [-0.25, -0.2) is 0 Å². The van der Waals surface area contributed by atoms with Crippen LogP contribution in [0.3, 0.4) is 0 Å². The van der Waals surface area contributed by atoms with Crippen molar-refractivity contribution in [1.82, 2.24) is 10.9 Å². The summed E-state index contributed by atoms with van der Waals surface area (Å²) in [6.07, 6.45) is 0. The Morgan fingerprint density at radius 1 is 1.14 bits per heavy atom. The Kier molecular flexibility index (Phi) is 4.80. The summed E-state index contributed by atoms with van der Waals surface area (Å²) in [5.74, 6) is -0.943. The number of anilines is 1. The zero-order chi connectivity index (χ0) is 16.3. The minimum Gasteiger partial charge on any atom is -0.506 e. The lowest BCUT2D eigenvalue weighted by Gasteiger charge is -2.12. The molecule has 5 nitrogen and oxygen atoms in total. The maximum atomic E-state index is 12.0. The number of hydrogen-bond donors (Lipinski definition) is 4. The maximum absolute atomic E-state index is 12.0. The molecule has 0 aliphatic rings. The highest BCUT2D eigenvalue weighted by Crippen LogP contribution is 2.30. The van der Waals surface area contributed by atoms with E-state index in [1.807, 2.05) is 0 Å². The van der Waals surface area contributed by atoms with E-state index >= 15 is 0 Å². The quantitative estimate of drug-likeness (QED) is 0.509. The van der Waals surface area contributed by atoms with Gasteiger partial charge in [0, 0.05) is 10.7 Å². The fraction of sp³-hybridized carbons (Fsp3) is 0. The molecule has 0 spiro atoms. The van der Waals surface area contributed by atoms with Crippen molar-refractivity contribution >= 4 is 40.5 Å². The molecule has 5 N–H and O–H groups in total. The van der Waals surface area contributed by atoms with Gasteiger partial charge in [0.1, 0.15) is 5.75 Å². The first-order valence-electron chi connectivity index (χ1n) is 6.17. The monoisotopic (exact) mass is 337 g/mol. The van der Waals surface area contributed by atoms with Crippen LogP contribution in [0.25, 0.3) is 5.70 Å². The first-order valence-corrected chi connectivity index (χ1v) is 6.93. The number of phenolic OH excluding ortho intramolecular Hbond substituents is 1. The van der Waals surface area contributed by atoms with Crippen LogP contribution in [0.4, 0.5) is 5.69 Å². The summed E-state index contributed by atoms with van der Waals surface area (Å²) in [5.41, 5.74) is 12.4. The van der Waals surface area contributed by atoms with Crippen molar-refractivity contribution in [2.45, 2.75) is 0 Å². The molecule has 0 bridgehead atoms. The number of hydrogen-bond acceptors (Lipinski definition) is 4. The molecule has 0 saturated carbocycles. The molecular weight excluding hydrogens is 325 g/mol. The summed E-state index contributed by atoms with van der Waals surface area (Å²) in [5, 5.41) is 10.0. The minimum atomic E-state index is -0.599. The lowest BCUT2D eigenvalue weighted by Crippen LogP contribution is -2.35. The van der Waals surface area contributed by atoms with Crippen LogP contribution < -0.4 is 16.6 Å². The van der Waals surface area contributed by atoms with Gasteiger partial charge in [-0.15, -0.1) is 0 Å². The highest BCUT2D eigenvalue weighted by atomic mass is 35.5. The lowest BCUT2D eigenvalue weighted by atomic mass is 10.1. The summed E-state index contributed by atoms with van der Waals surface area (Å²) in [6.45, 7) is 3.80. The Hall–Kier alpha value is -2.37. The number of phenols is 1. The number of carbonyl (C=O) groups is 1. The summed E-state index contributed by atoms with van der Waals surface area (Å²) in [7, 11) is 0. The third-order valence-electron chi connectivity index (χ3n) is 2.86. The first kappa shape index (κ1) is 16.0. The van der Waals surface area contributed by atoms with Crippen molar-refractivity contribution in [3.05, 3.63) is 64.1 Å². The Labute approximate surface area is 137 Å². The Morgan fingerprint density at radius 2 is 1.77 bits per heavy atom. The van der Waals surface area contributed by atoms with E-state index in [-0.39, 0.29) is 21.4 Å². The fourth-order valence-electron chi connectivity index (χ4n) is 1.70. The molecule has 0 aromatic heterocycles. The minimum absolute atomic E-state index is 0.00462. The molecule has 0 saturated heterocycles. The fourth-order valence-corrected chi connectivity index (χ4v) is 2.19. The number of hydrazine groups is 1. The van der Waals surface area contributed by atoms with E-state index in [9.17, 15) is 9.90 Å². The molecule has 1 amide bonds. The van der Waals surface area contributed by atoms with Gasteiger partial charge < -0.3 is 10.8 Å². The second kappa shape index (κ2) is 6.60. The highest BCUT2D eigenvalue weighted by Gasteiger charge is 2.15. The van der Waals surface area contributed by atoms with Crippen molar-refractivity contribution in [3.8, 4) is 5.75 Å². The summed E-state index contributed by atoms with van der Waals surface area (Å²) < 4.78 is 0.